The van der Waals surface area contributed by atoms with Crippen molar-refractivity contribution < 1.29 is 28.6 Å². The first-order valence-corrected chi connectivity index (χ1v) is 13.5. The summed E-state index contributed by atoms with van der Waals surface area (Å²) in [7, 11) is 0. The molecule has 0 aliphatic heterocycles. The van der Waals surface area contributed by atoms with E-state index in [1.807, 2.05) is 30.3 Å². The molecule has 0 N–H and O–H groups in total. The van der Waals surface area contributed by atoms with E-state index in [1.54, 1.807) is 12.1 Å². The maximum absolute atomic E-state index is 12.8. The third-order valence-corrected chi connectivity index (χ3v) is 6.11. The summed E-state index contributed by atoms with van der Waals surface area (Å²) in [6, 6.07) is 13.0. The third kappa shape index (κ3) is 11.2. The fourth-order valence-electron chi connectivity index (χ4n) is 4.01. The minimum Gasteiger partial charge on any atom is -0.462 e. The van der Waals surface area contributed by atoms with Crippen molar-refractivity contribution >= 4 is 28.7 Å². The van der Waals surface area contributed by atoms with E-state index in [2.05, 4.69) is 13.8 Å². The van der Waals surface area contributed by atoms with E-state index >= 15 is 0 Å². The molecule has 0 bridgehead atoms. The smallest absolute Gasteiger partial charge is 0.338 e. The number of ether oxygens (including phenoxy) is 3. The minimum atomic E-state index is -0.837. The lowest BCUT2D eigenvalue weighted by atomic mass is 10.1. The molecule has 0 saturated heterocycles. The molecule has 0 fully saturated rings. The summed E-state index contributed by atoms with van der Waals surface area (Å²) in [6.45, 7) is 3.99. The molecule has 1 unspecified atom stereocenters. The van der Waals surface area contributed by atoms with Crippen LogP contribution in [0.5, 0.6) is 0 Å². The Bertz CT molecular complexity index is 933. The van der Waals surface area contributed by atoms with Gasteiger partial charge in [-0.3, -0.25) is 9.59 Å². The topological polar surface area (TPSA) is 78.9 Å². The quantitative estimate of drug-likeness (QED) is 0.123. The molecule has 0 aliphatic rings. The van der Waals surface area contributed by atoms with Gasteiger partial charge in [0.05, 0.1) is 5.56 Å². The molecule has 198 valence electrons. The van der Waals surface area contributed by atoms with Crippen LogP contribution in [0.3, 0.4) is 0 Å². The molecule has 0 saturated carbocycles. The van der Waals surface area contributed by atoms with Gasteiger partial charge >= 0.3 is 17.9 Å². The molecule has 0 spiro atoms. The highest BCUT2D eigenvalue weighted by Crippen LogP contribution is 2.19. The van der Waals surface area contributed by atoms with Crippen LogP contribution in [0.4, 0.5) is 0 Å². The van der Waals surface area contributed by atoms with Gasteiger partial charge in [-0.15, -0.1) is 0 Å². The Morgan fingerprint density at radius 3 is 1.94 bits per heavy atom. The number of benzene rings is 2. The van der Waals surface area contributed by atoms with Gasteiger partial charge in [-0.25, -0.2) is 4.79 Å². The molecule has 1 atom stereocenters. The molecule has 36 heavy (non-hydrogen) atoms. The number of carbonyl (C=O) groups excluding carboxylic acids is 3. The van der Waals surface area contributed by atoms with E-state index in [1.165, 1.54) is 0 Å². The standard InChI is InChI=1S/C30H42O6/c1-3-5-7-9-11-20-28(31)34-22-25(36-29(32)21-12-10-8-6-4-2)23-35-30(33)27-19-15-17-24-16-13-14-18-26(24)27/h13-19,25H,3-12,20-23H2,1-2H3. The van der Waals surface area contributed by atoms with Crippen molar-refractivity contribution in [1.82, 2.24) is 0 Å². The molecule has 6 heteroatoms. The predicted octanol–water partition coefficient (Wildman–Crippen LogP) is 7.17. The number of carbonyl (C=O) groups is 3. The first-order valence-electron chi connectivity index (χ1n) is 13.5. The van der Waals surface area contributed by atoms with Crippen LogP contribution < -0.4 is 0 Å². The maximum atomic E-state index is 12.8. The molecule has 6 nitrogen and oxygen atoms in total. The van der Waals surface area contributed by atoms with Crippen molar-refractivity contribution in [3.8, 4) is 0 Å². The lowest BCUT2D eigenvalue weighted by Gasteiger charge is -2.18. The van der Waals surface area contributed by atoms with Crippen LogP contribution >= 0.6 is 0 Å². The Balaban J connectivity index is 1.90. The summed E-state index contributed by atoms with van der Waals surface area (Å²) in [5, 5.41) is 1.73. The van der Waals surface area contributed by atoms with Crippen LogP contribution in [0, 0.1) is 0 Å². The van der Waals surface area contributed by atoms with E-state index in [4.69, 9.17) is 14.2 Å². The monoisotopic (exact) mass is 498 g/mol. The zero-order valence-corrected chi connectivity index (χ0v) is 22.0. The van der Waals surface area contributed by atoms with Gasteiger partial charge in [-0.1, -0.05) is 102 Å². The maximum Gasteiger partial charge on any atom is 0.338 e. The minimum absolute atomic E-state index is 0.127. The van der Waals surface area contributed by atoms with Crippen LogP contribution in [-0.4, -0.2) is 37.2 Å². The zero-order chi connectivity index (χ0) is 26.0. The SMILES string of the molecule is CCCCCCCC(=O)OCC(COC(=O)c1cccc2ccccc12)OC(=O)CCCCCCC. The Morgan fingerprint density at radius 2 is 1.25 bits per heavy atom. The third-order valence-electron chi connectivity index (χ3n) is 6.11. The highest BCUT2D eigenvalue weighted by molar-refractivity contribution is 6.04. The summed E-state index contributed by atoms with van der Waals surface area (Å²) in [6.07, 6.45) is 10.1. The number of hydrogen-bond acceptors (Lipinski definition) is 6. The molecule has 0 amide bonds. The fraction of sp³-hybridized carbons (Fsp3) is 0.567. The van der Waals surface area contributed by atoms with Gasteiger partial charge in [0.1, 0.15) is 13.2 Å². The van der Waals surface area contributed by atoms with Gasteiger partial charge in [-0.2, -0.15) is 0 Å². The van der Waals surface area contributed by atoms with Gasteiger partial charge in [-0.05, 0) is 29.7 Å². The highest BCUT2D eigenvalue weighted by Gasteiger charge is 2.20. The summed E-state index contributed by atoms with van der Waals surface area (Å²) >= 11 is 0. The molecule has 2 aromatic rings. The molecule has 0 aliphatic carbocycles. The van der Waals surface area contributed by atoms with Gasteiger partial charge in [0.15, 0.2) is 6.10 Å². The van der Waals surface area contributed by atoms with Crippen molar-refractivity contribution in [2.45, 2.75) is 97.0 Å². The van der Waals surface area contributed by atoms with Crippen molar-refractivity contribution in [2.24, 2.45) is 0 Å². The summed E-state index contributed by atoms with van der Waals surface area (Å²) < 4.78 is 16.4. The second kappa shape index (κ2) is 17.5. The van der Waals surface area contributed by atoms with E-state index in [0.29, 0.717) is 18.4 Å². The first-order chi connectivity index (χ1) is 17.5. The lowest BCUT2D eigenvalue weighted by molar-refractivity contribution is -0.161. The molecular weight excluding hydrogens is 456 g/mol. The number of rotatable bonds is 18. The molecule has 0 heterocycles. The molecule has 0 radical (unpaired) electrons. The van der Waals surface area contributed by atoms with Crippen molar-refractivity contribution in [3.05, 3.63) is 48.0 Å². The molecule has 0 aromatic heterocycles. The second-order valence-electron chi connectivity index (χ2n) is 9.25. The van der Waals surface area contributed by atoms with Crippen LogP contribution in [0.1, 0.15) is 101 Å². The summed E-state index contributed by atoms with van der Waals surface area (Å²) in [5.41, 5.74) is 0.443. The lowest BCUT2D eigenvalue weighted by Crippen LogP contribution is -2.31. The Kier molecular flexibility index (Phi) is 14.3. The van der Waals surface area contributed by atoms with Crippen molar-refractivity contribution in [3.63, 3.8) is 0 Å². The second-order valence-corrected chi connectivity index (χ2v) is 9.25. The van der Waals surface area contributed by atoms with Gasteiger partial charge in [0.25, 0.3) is 0 Å². The van der Waals surface area contributed by atoms with E-state index in [9.17, 15) is 14.4 Å². The average Bonchev–Trinajstić information content (AvgIpc) is 2.89. The fourth-order valence-corrected chi connectivity index (χ4v) is 4.01. The van der Waals surface area contributed by atoms with Crippen LogP contribution in [0.2, 0.25) is 0 Å². The molecular formula is C30H42O6. The van der Waals surface area contributed by atoms with Gasteiger partial charge < -0.3 is 14.2 Å². The summed E-state index contributed by atoms with van der Waals surface area (Å²) in [4.78, 5) is 37.4. The van der Waals surface area contributed by atoms with Gasteiger partial charge in [0.2, 0.25) is 0 Å². The first kappa shape index (κ1) is 29.3. The van der Waals surface area contributed by atoms with Crippen molar-refractivity contribution in [1.29, 1.82) is 0 Å². The Labute approximate surface area is 215 Å². The highest BCUT2D eigenvalue weighted by atomic mass is 16.6. The number of hydrogen-bond donors (Lipinski definition) is 0. The summed E-state index contributed by atoms with van der Waals surface area (Å²) in [5.74, 6) is -1.20. The van der Waals surface area contributed by atoms with Crippen molar-refractivity contribution in [2.75, 3.05) is 13.2 Å². The normalized spacial score (nSPS) is 11.7. The average molecular weight is 499 g/mol. The van der Waals surface area contributed by atoms with Gasteiger partial charge in [0, 0.05) is 12.8 Å². The van der Waals surface area contributed by atoms with E-state index < -0.39 is 12.1 Å². The number of fused-ring (bicyclic) bond motifs is 1. The largest absolute Gasteiger partial charge is 0.462 e. The van der Waals surface area contributed by atoms with Crippen LogP contribution in [0.25, 0.3) is 10.8 Å². The van der Waals surface area contributed by atoms with Crippen LogP contribution in [0.15, 0.2) is 42.5 Å². The number of esters is 3. The van der Waals surface area contributed by atoms with E-state index in [-0.39, 0.29) is 25.2 Å². The Hall–Kier alpha value is -2.89. The zero-order valence-electron chi connectivity index (χ0n) is 22.0. The molecule has 2 aromatic carbocycles. The van der Waals surface area contributed by atoms with Crippen LogP contribution in [-0.2, 0) is 23.8 Å². The Morgan fingerprint density at radius 1 is 0.667 bits per heavy atom. The predicted molar refractivity (Wildman–Crippen MR) is 142 cm³/mol. The molecule has 2 rings (SSSR count). The number of unbranched alkanes of at least 4 members (excludes halogenated alkanes) is 8. The van der Waals surface area contributed by atoms with E-state index in [0.717, 1.165) is 75.0 Å².